The van der Waals surface area contributed by atoms with Gasteiger partial charge in [-0.05, 0) is 50.1 Å². The van der Waals surface area contributed by atoms with Gasteiger partial charge in [-0.25, -0.2) is 12.8 Å². The number of carbonyl (C=O) groups excluding carboxylic acids is 2. The smallest absolute Gasteiger partial charge is 0.244 e. The zero-order valence-corrected chi connectivity index (χ0v) is 21.7. The van der Waals surface area contributed by atoms with E-state index >= 15 is 0 Å². The van der Waals surface area contributed by atoms with Crippen LogP contribution in [0.4, 0.5) is 10.1 Å². The Morgan fingerprint density at radius 1 is 1.09 bits per heavy atom. The lowest BCUT2D eigenvalue weighted by atomic mass is 10.1. The molecule has 0 heterocycles. The maximum Gasteiger partial charge on any atom is 0.244 e. The highest BCUT2D eigenvalue weighted by Crippen LogP contribution is 2.25. The average Bonchev–Trinajstić information content (AvgIpc) is 2.73. The first kappa shape index (κ1) is 27.9. The van der Waals surface area contributed by atoms with Crippen molar-refractivity contribution < 1.29 is 22.4 Å². The number of halogens is 3. The summed E-state index contributed by atoms with van der Waals surface area (Å²) in [5.41, 5.74) is 0.336. The van der Waals surface area contributed by atoms with E-state index in [-0.39, 0.29) is 35.6 Å². The van der Waals surface area contributed by atoms with Crippen molar-refractivity contribution in [1.82, 2.24) is 10.2 Å². The summed E-state index contributed by atoms with van der Waals surface area (Å²) in [6, 6.07) is 9.00. The molecule has 1 atom stereocenters. The van der Waals surface area contributed by atoms with Gasteiger partial charge < -0.3 is 10.2 Å². The van der Waals surface area contributed by atoms with E-state index < -0.39 is 34.3 Å². The topological polar surface area (TPSA) is 86.8 Å². The van der Waals surface area contributed by atoms with Crippen LogP contribution in [-0.4, -0.2) is 50.0 Å². The van der Waals surface area contributed by atoms with Gasteiger partial charge in [0.1, 0.15) is 18.4 Å². The largest absolute Gasteiger partial charge is 0.352 e. The third-order valence-corrected chi connectivity index (χ3v) is 6.82. The minimum Gasteiger partial charge on any atom is -0.352 e. The molecule has 11 heteroatoms. The molecule has 0 aliphatic rings. The van der Waals surface area contributed by atoms with Crippen LogP contribution in [0, 0.1) is 5.82 Å². The Kier molecular flexibility index (Phi) is 9.73. The van der Waals surface area contributed by atoms with Gasteiger partial charge in [-0.3, -0.25) is 13.9 Å². The molecule has 0 spiro atoms. The molecule has 0 radical (unpaired) electrons. The van der Waals surface area contributed by atoms with E-state index in [0.29, 0.717) is 14.9 Å². The molecular weight excluding hydrogens is 504 g/mol. The monoisotopic (exact) mass is 531 g/mol. The lowest BCUT2D eigenvalue weighted by Gasteiger charge is -2.33. The van der Waals surface area contributed by atoms with Gasteiger partial charge in [-0.2, -0.15) is 0 Å². The first-order valence-corrected chi connectivity index (χ1v) is 13.2. The number of amides is 2. The predicted molar refractivity (Wildman–Crippen MR) is 133 cm³/mol. The number of para-hydroxylation sites is 1. The summed E-state index contributed by atoms with van der Waals surface area (Å²) in [7, 11) is -4.02. The fourth-order valence-electron chi connectivity index (χ4n) is 3.38. The molecule has 0 bridgehead atoms. The second-order valence-corrected chi connectivity index (χ2v) is 10.8. The number of hydrogen-bond acceptors (Lipinski definition) is 4. The maximum atomic E-state index is 14.4. The SMILES string of the molecule is CC[C@H](C(=O)NC(C)C)N(Cc1ccc(Cl)c(Cl)c1)C(=O)CN(c1ccccc1F)S(C)(=O)=O. The quantitative estimate of drug-likeness (QED) is 0.496. The fraction of sp³-hybridized carbons (Fsp3) is 0.391. The van der Waals surface area contributed by atoms with Crippen molar-refractivity contribution in [3.05, 3.63) is 63.9 Å². The van der Waals surface area contributed by atoms with E-state index in [1.54, 1.807) is 39.0 Å². The number of anilines is 1. The molecule has 0 saturated heterocycles. The number of rotatable bonds is 10. The molecule has 2 amide bonds. The summed E-state index contributed by atoms with van der Waals surface area (Å²) < 4.78 is 40.1. The van der Waals surface area contributed by atoms with Crippen molar-refractivity contribution in [2.75, 3.05) is 17.1 Å². The van der Waals surface area contributed by atoms with Crippen LogP contribution in [0.5, 0.6) is 0 Å². The Morgan fingerprint density at radius 2 is 1.74 bits per heavy atom. The summed E-state index contributed by atoms with van der Waals surface area (Å²) in [6.07, 6.45) is 1.16. The molecule has 2 aromatic carbocycles. The van der Waals surface area contributed by atoms with Crippen molar-refractivity contribution >= 4 is 50.7 Å². The second kappa shape index (κ2) is 11.9. The Balaban J connectivity index is 2.48. The van der Waals surface area contributed by atoms with Crippen molar-refractivity contribution in [3.63, 3.8) is 0 Å². The highest BCUT2D eigenvalue weighted by molar-refractivity contribution is 7.92. The Hall–Kier alpha value is -2.36. The van der Waals surface area contributed by atoms with Gasteiger partial charge >= 0.3 is 0 Å². The summed E-state index contributed by atoms with van der Waals surface area (Å²) in [4.78, 5) is 27.7. The van der Waals surface area contributed by atoms with Gasteiger partial charge in [-0.15, -0.1) is 0 Å². The lowest BCUT2D eigenvalue weighted by molar-refractivity contribution is -0.140. The van der Waals surface area contributed by atoms with Crippen LogP contribution in [0.15, 0.2) is 42.5 Å². The number of hydrogen-bond donors (Lipinski definition) is 1. The van der Waals surface area contributed by atoms with Crippen LogP contribution in [0.25, 0.3) is 0 Å². The maximum absolute atomic E-state index is 14.4. The predicted octanol–water partition coefficient (Wildman–Crippen LogP) is 4.23. The molecule has 1 N–H and O–H groups in total. The summed E-state index contributed by atoms with van der Waals surface area (Å²) in [5, 5.41) is 3.39. The van der Waals surface area contributed by atoms with Gasteiger partial charge in [-0.1, -0.05) is 48.3 Å². The zero-order chi connectivity index (χ0) is 25.6. The molecule has 0 aromatic heterocycles. The molecule has 2 rings (SSSR count). The Labute approximate surface area is 209 Å². The van der Waals surface area contributed by atoms with Gasteiger partial charge in [0.05, 0.1) is 22.0 Å². The summed E-state index contributed by atoms with van der Waals surface area (Å²) in [6.45, 7) is 4.60. The van der Waals surface area contributed by atoms with Crippen LogP contribution < -0.4 is 9.62 Å². The lowest BCUT2D eigenvalue weighted by Crippen LogP contribution is -2.53. The first-order chi connectivity index (χ1) is 15.8. The molecule has 0 aliphatic heterocycles. The summed E-state index contributed by atoms with van der Waals surface area (Å²) >= 11 is 12.1. The third-order valence-electron chi connectivity index (χ3n) is 4.95. The normalized spacial score (nSPS) is 12.4. The summed E-state index contributed by atoms with van der Waals surface area (Å²) in [5.74, 6) is -1.85. The number of carbonyl (C=O) groups is 2. The van der Waals surface area contributed by atoms with Crippen LogP contribution >= 0.6 is 23.2 Å². The molecule has 0 aliphatic carbocycles. The van der Waals surface area contributed by atoms with Crippen LogP contribution in [0.3, 0.4) is 0 Å². The van der Waals surface area contributed by atoms with Gasteiger partial charge in [0, 0.05) is 12.6 Å². The van der Waals surface area contributed by atoms with Crippen molar-refractivity contribution in [2.45, 2.75) is 45.8 Å². The molecule has 34 heavy (non-hydrogen) atoms. The van der Waals surface area contributed by atoms with Gasteiger partial charge in [0.2, 0.25) is 21.8 Å². The van der Waals surface area contributed by atoms with Crippen LogP contribution in [0.1, 0.15) is 32.8 Å². The van der Waals surface area contributed by atoms with E-state index in [2.05, 4.69) is 5.32 Å². The number of nitrogens with zero attached hydrogens (tertiary/aromatic N) is 2. The van der Waals surface area contributed by atoms with Crippen molar-refractivity contribution in [3.8, 4) is 0 Å². The molecule has 2 aromatic rings. The molecular formula is C23H28Cl2FN3O4S. The molecule has 186 valence electrons. The number of sulfonamides is 1. The van der Waals surface area contributed by atoms with Crippen LogP contribution in [0.2, 0.25) is 10.0 Å². The minimum atomic E-state index is -4.02. The molecule has 7 nitrogen and oxygen atoms in total. The van der Waals surface area contributed by atoms with Crippen LogP contribution in [-0.2, 0) is 26.2 Å². The van der Waals surface area contributed by atoms with E-state index in [0.717, 1.165) is 12.3 Å². The Bertz CT molecular complexity index is 1140. The minimum absolute atomic E-state index is 0.0331. The highest BCUT2D eigenvalue weighted by atomic mass is 35.5. The molecule has 0 saturated carbocycles. The number of benzene rings is 2. The molecule has 0 unspecified atom stereocenters. The standard InChI is InChI=1S/C23H28Cl2FN3O4S/c1-5-20(23(31)27-15(2)3)28(13-16-10-11-17(24)18(25)12-16)22(30)14-29(34(4,32)33)21-9-7-6-8-19(21)26/h6-12,15,20H,5,13-14H2,1-4H3,(H,27,31)/t20-/m1/s1. The van der Waals surface area contributed by atoms with E-state index in [1.807, 2.05) is 0 Å². The van der Waals surface area contributed by atoms with E-state index in [4.69, 9.17) is 23.2 Å². The Morgan fingerprint density at radius 3 is 2.26 bits per heavy atom. The fourth-order valence-corrected chi connectivity index (χ4v) is 4.55. The van der Waals surface area contributed by atoms with E-state index in [9.17, 15) is 22.4 Å². The number of nitrogens with one attached hydrogen (secondary N) is 1. The zero-order valence-electron chi connectivity index (χ0n) is 19.4. The second-order valence-electron chi connectivity index (χ2n) is 8.08. The van der Waals surface area contributed by atoms with Crippen molar-refractivity contribution in [2.24, 2.45) is 0 Å². The van der Waals surface area contributed by atoms with Gasteiger partial charge in [0.25, 0.3) is 0 Å². The first-order valence-electron chi connectivity index (χ1n) is 10.6. The third kappa shape index (κ3) is 7.32. The molecule has 0 fully saturated rings. The average molecular weight is 532 g/mol. The van der Waals surface area contributed by atoms with E-state index in [1.165, 1.54) is 23.1 Å². The highest BCUT2D eigenvalue weighted by Gasteiger charge is 2.32. The van der Waals surface area contributed by atoms with Gasteiger partial charge in [0.15, 0.2) is 0 Å². The van der Waals surface area contributed by atoms with Crippen molar-refractivity contribution in [1.29, 1.82) is 0 Å².